The van der Waals surface area contributed by atoms with E-state index in [4.69, 9.17) is 0 Å². The highest BCUT2D eigenvalue weighted by molar-refractivity contribution is 7.15. The van der Waals surface area contributed by atoms with E-state index in [9.17, 15) is 15.0 Å². The lowest BCUT2D eigenvalue weighted by Gasteiger charge is -2.44. The molecular formula is C24H28N4O3S. The zero-order chi connectivity index (χ0) is 23.1. The number of nitrogens with one attached hydrogen (secondary N) is 1. The molecule has 0 spiro atoms. The third-order valence-corrected chi connectivity index (χ3v) is 7.39. The molecule has 0 aliphatic heterocycles. The van der Waals surface area contributed by atoms with Crippen molar-refractivity contribution in [1.82, 2.24) is 15.0 Å². The molecule has 7 nitrogen and oxygen atoms in total. The minimum absolute atomic E-state index is 0.370. The molecule has 3 N–H and O–H groups in total. The molecule has 0 bridgehead atoms. The van der Waals surface area contributed by atoms with E-state index in [2.05, 4.69) is 26.3 Å². The van der Waals surface area contributed by atoms with Crippen LogP contribution in [0.1, 0.15) is 49.4 Å². The SMILES string of the molecule is Cc1cc(Nc2nccc(C)n2)cc(-c2cnc(C3(O)CC[C@@H](C(=O)O)C(C)(C)C3)s2)c1. The van der Waals surface area contributed by atoms with Gasteiger partial charge in [-0.05, 0) is 67.9 Å². The highest BCUT2D eigenvalue weighted by atomic mass is 32.1. The van der Waals surface area contributed by atoms with Crippen LogP contribution in [0, 0.1) is 25.2 Å². The highest BCUT2D eigenvalue weighted by Crippen LogP contribution is 2.50. The van der Waals surface area contributed by atoms with Crippen LogP contribution in [0.2, 0.25) is 0 Å². The third-order valence-electron chi connectivity index (χ3n) is 6.15. The molecule has 1 aliphatic rings. The second-order valence-electron chi connectivity index (χ2n) is 9.39. The molecule has 3 aromatic rings. The summed E-state index contributed by atoms with van der Waals surface area (Å²) in [6.45, 7) is 7.77. The molecule has 1 unspecified atom stereocenters. The maximum Gasteiger partial charge on any atom is 0.307 e. The lowest BCUT2D eigenvalue weighted by atomic mass is 9.63. The van der Waals surface area contributed by atoms with Crippen molar-refractivity contribution in [3.8, 4) is 10.4 Å². The zero-order valence-corrected chi connectivity index (χ0v) is 19.5. The predicted octanol–water partition coefficient (Wildman–Crippen LogP) is 5.06. The van der Waals surface area contributed by atoms with Crippen LogP contribution in [0.25, 0.3) is 10.4 Å². The number of anilines is 2. The summed E-state index contributed by atoms with van der Waals surface area (Å²) in [6, 6.07) is 7.97. The first-order chi connectivity index (χ1) is 15.1. The van der Waals surface area contributed by atoms with Crippen molar-refractivity contribution in [1.29, 1.82) is 0 Å². The first kappa shape index (κ1) is 22.4. The summed E-state index contributed by atoms with van der Waals surface area (Å²) in [5.74, 6) is -0.719. The fourth-order valence-electron chi connectivity index (χ4n) is 4.64. The first-order valence-corrected chi connectivity index (χ1v) is 11.5. The van der Waals surface area contributed by atoms with Gasteiger partial charge in [0.1, 0.15) is 10.6 Å². The predicted molar refractivity (Wildman–Crippen MR) is 125 cm³/mol. The standard InChI is InChI=1S/C24H28N4O3S/c1-14-9-16(11-17(10-14)28-22-25-8-6-15(2)27-22)19-12-26-21(32-19)24(31)7-5-18(20(29)30)23(3,4)13-24/h6,8-12,18,31H,5,7,13H2,1-4H3,(H,29,30)(H,25,27,28)/t18-,24?/m0/s1. The van der Waals surface area contributed by atoms with E-state index in [0.717, 1.165) is 27.4 Å². The number of aryl methyl sites for hydroxylation is 2. The number of rotatable bonds is 5. The normalized spacial score (nSPS) is 22.5. The molecule has 1 aliphatic carbocycles. The van der Waals surface area contributed by atoms with Crippen LogP contribution in [0.4, 0.5) is 11.6 Å². The average Bonchev–Trinajstić information content (AvgIpc) is 3.17. The number of aliphatic hydroxyl groups is 1. The van der Waals surface area contributed by atoms with E-state index < -0.39 is 22.9 Å². The Kier molecular flexibility index (Phi) is 5.77. The van der Waals surface area contributed by atoms with Gasteiger partial charge in [0.05, 0.1) is 10.8 Å². The lowest BCUT2D eigenvalue weighted by molar-refractivity contribution is -0.154. The van der Waals surface area contributed by atoms with Crippen LogP contribution in [0.3, 0.4) is 0 Å². The number of thiazole rings is 1. The number of hydrogen-bond acceptors (Lipinski definition) is 7. The molecule has 2 aromatic heterocycles. The van der Waals surface area contributed by atoms with Crippen molar-refractivity contribution in [2.75, 3.05) is 5.32 Å². The fraction of sp³-hybridized carbons (Fsp3) is 0.417. The van der Waals surface area contributed by atoms with Gasteiger partial charge < -0.3 is 15.5 Å². The Morgan fingerprint density at radius 3 is 2.69 bits per heavy atom. The van der Waals surface area contributed by atoms with Gasteiger partial charge >= 0.3 is 5.97 Å². The van der Waals surface area contributed by atoms with Crippen LogP contribution in [0.5, 0.6) is 0 Å². The van der Waals surface area contributed by atoms with Crippen LogP contribution >= 0.6 is 11.3 Å². The topological polar surface area (TPSA) is 108 Å². The Balaban J connectivity index is 1.60. The summed E-state index contributed by atoms with van der Waals surface area (Å²) in [5.41, 5.74) is 2.21. The third kappa shape index (κ3) is 4.52. The van der Waals surface area contributed by atoms with Gasteiger partial charge in [-0.25, -0.2) is 15.0 Å². The van der Waals surface area contributed by atoms with E-state index in [0.29, 0.717) is 30.2 Å². The van der Waals surface area contributed by atoms with Crippen molar-refractivity contribution in [2.24, 2.45) is 11.3 Å². The largest absolute Gasteiger partial charge is 0.481 e. The minimum atomic E-state index is -1.11. The Morgan fingerprint density at radius 1 is 1.22 bits per heavy atom. The molecule has 4 rings (SSSR count). The molecule has 2 heterocycles. The van der Waals surface area contributed by atoms with Gasteiger partial charge in [-0.3, -0.25) is 4.79 Å². The number of nitrogens with zero attached hydrogens (tertiary/aromatic N) is 3. The number of carbonyl (C=O) groups is 1. The number of benzene rings is 1. The van der Waals surface area contributed by atoms with E-state index in [1.165, 1.54) is 11.3 Å². The zero-order valence-electron chi connectivity index (χ0n) is 18.7. The maximum absolute atomic E-state index is 11.6. The average molecular weight is 453 g/mol. The van der Waals surface area contributed by atoms with Gasteiger partial charge in [-0.2, -0.15) is 0 Å². The fourth-order valence-corrected chi connectivity index (χ4v) is 5.66. The number of aliphatic carboxylic acids is 1. The number of aromatic nitrogens is 3. The van der Waals surface area contributed by atoms with Gasteiger partial charge in [-0.1, -0.05) is 19.9 Å². The number of carboxylic acids is 1. The lowest BCUT2D eigenvalue weighted by Crippen LogP contribution is -2.44. The Bertz CT molecular complexity index is 1160. The van der Waals surface area contributed by atoms with Crippen LogP contribution < -0.4 is 5.32 Å². The van der Waals surface area contributed by atoms with Gasteiger partial charge in [0.25, 0.3) is 0 Å². The summed E-state index contributed by atoms with van der Waals surface area (Å²) in [4.78, 5) is 25.8. The summed E-state index contributed by atoms with van der Waals surface area (Å²) in [7, 11) is 0. The molecule has 0 radical (unpaired) electrons. The summed E-state index contributed by atoms with van der Waals surface area (Å²) >= 11 is 1.46. The molecular weight excluding hydrogens is 424 g/mol. The van der Waals surface area contributed by atoms with E-state index in [1.54, 1.807) is 12.4 Å². The molecule has 2 atom stereocenters. The van der Waals surface area contributed by atoms with Crippen molar-refractivity contribution < 1.29 is 15.0 Å². The first-order valence-electron chi connectivity index (χ1n) is 10.7. The molecule has 1 fully saturated rings. The monoisotopic (exact) mass is 452 g/mol. The van der Waals surface area contributed by atoms with Crippen LogP contribution in [-0.4, -0.2) is 31.1 Å². The molecule has 168 valence electrons. The van der Waals surface area contributed by atoms with Gasteiger partial charge in [0, 0.05) is 23.8 Å². The summed E-state index contributed by atoms with van der Waals surface area (Å²) < 4.78 is 0. The quantitative estimate of drug-likeness (QED) is 0.496. The van der Waals surface area contributed by atoms with Crippen molar-refractivity contribution >= 4 is 28.9 Å². The molecule has 0 saturated heterocycles. The van der Waals surface area contributed by atoms with Gasteiger partial charge in [0.2, 0.25) is 5.95 Å². The molecule has 8 heteroatoms. The molecule has 1 aromatic carbocycles. The summed E-state index contributed by atoms with van der Waals surface area (Å²) in [5, 5.41) is 24.8. The second kappa shape index (κ2) is 8.26. The highest BCUT2D eigenvalue weighted by Gasteiger charge is 2.49. The second-order valence-corrected chi connectivity index (χ2v) is 10.4. The van der Waals surface area contributed by atoms with E-state index >= 15 is 0 Å². The van der Waals surface area contributed by atoms with Crippen molar-refractivity contribution in [3.05, 3.63) is 52.9 Å². The minimum Gasteiger partial charge on any atom is -0.481 e. The number of hydrogen-bond donors (Lipinski definition) is 3. The van der Waals surface area contributed by atoms with Crippen LogP contribution in [0.15, 0.2) is 36.7 Å². The molecule has 32 heavy (non-hydrogen) atoms. The van der Waals surface area contributed by atoms with Crippen LogP contribution in [-0.2, 0) is 10.4 Å². The summed E-state index contributed by atoms with van der Waals surface area (Å²) in [6.07, 6.45) is 4.71. The smallest absolute Gasteiger partial charge is 0.307 e. The molecule has 1 saturated carbocycles. The van der Waals surface area contributed by atoms with Gasteiger partial charge in [-0.15, -0.1) is 11.3 Å². The van der Waals surface area contributed by atoms with Crippen molar-refractivity contribution in [3.63, 3.8) is 0 Å². The van der Waals surface area contributed by atoms with E-state index in [-0.39, 0.29) is 0 Å². The maximum atomic E-state index is 11.6. The molecule has 0 amide bonds. The van der Waals surface area contributed by atoms with E-state index in [1.807, 2.05) is 45.9 Å². The Labute approximate surface area is 191 Å². The van der Waals surface area contributed by atoms with Gasteiger partial charge in [0.15, 0.2) is 0 Å². The Morgan fingerprint density at radius 2 is 2.00 bits per heavy atom. The van der Waals surface area contributed by atoms with Crippen molar-refractivity contribution in [2.45, 2.75) is 52.6 Å². The Hall–Kier alpha value is -2.84. The number of carboxylic acid groups (broad SMARTS) is 1.